The molecule has 0 amide bonds. The largest absolute Gasteiger partial charge is 0.416 e. The Morgan fingerprint density at radius 1 is 1.00 bits per heavy atom. The van der Waals surface area contributed by atoms with Gasteiger partial charge in [0.1, 0.15) is 0 Å². The summed E-state index contributed by atoms with van der Waals surface area (Å²) in [7, 11) is 0. The van der Waals surface area contributed by atoms with Crippen LogP contribution in [0.15, 0.2) is 24.3 Å². The van der Waals surface area contributed by atoms with Crippen molar-refractivity contribution in [2.45, 2.75) is 6.18 Å². The summed E-state index contributed by atoms with van der Waals surface area (Å²) in [6.45, 7) is 0. The van der Waals surface area contributed by atoms with Gasteiger partial charge in [0.05, 0.1) is 5.56 Å². The molecular formula is C7H4ClF3Li. The molecule has 1 aromatic carbocycles. The molecule has 0 fully saturated rings. The monoisotopic (exact) mass is 187 g/mol. The van der Waals surface area contributed by atoms with E-state index in [-0.39, 0.29) is 18.9 Å². The van der Waals surface area contributed by atoms with Crippen molar-refractivity contribution in [2.75, 3.05) is 0 Å². The van der Waals surface area contributed by atoms with Gasteiger partial charge in [0.25, 0.3) is 0 Å². The number of hydrogen-bond acceptors (Lipinski definition) is 0. The van der Waals surface area contributed by atoms with Gasteiger partial charge in [-0.25, -0.2) is 0 Å². The van der Waals surface area contributed by atoms with Gasteiger partial charge in [-0.1, -0.05) is 11.6 Å². The van der Waals surface area contributed by atoms with Gasteiger partial charge in [-0.05, 0) is 24.3 Å². The fourth-order valence-corrected chi connectivity index (χ4v) is 0.765. The third-order valence-electron chi connectivity index (χ3n) is 1.17. The molecule has 0 aliphatic heterocycles. The van der Waals surface area contributed by atoms with Gasteiger partial charge in [0.15, 0.2) is 0 Å². The van der Waals surface area contributed by atoms with Crippen molar-refractivity contribution in [1.29, 1.82) is 0 Å². The summed E-state index contributed by atoms with van der Waals surface area (Å²) in [5, 5.41) is 0.304. The molecule has 0 aliphatic rings. The summed E-state index contributed by atoms with van der Waals surface area (Å²) in [4.78, 5) is 0. The number of hydrogen-bond donors (Lipinski definition) is 0. The van der Waals surface area contributed by atoms with Crippen molar-refractivity contribution < 1.29 is 13.2 Å². The molecule has 0 bridgehead atoms. The van der Waals surface area contributed by atoms with Gasteiger partial charge in [0, 0.05) is 23.9 Å². The second kappa shape index (κ2) is 4.22. The van der Waals surface area contributed by atoms with E-state index < -0.39 is 11.7 Å². The van der Waals surface area contributed by atoms with Gasteiger partial charge >= 0.3 is 6.18 Å². The molecule has 0 spiro atoms. The number of halogens is 4. The van der Waals surface area contributed by atoms with Crippen LogP contribution in [-0.4, -0.2) is 18.9 Å². The Bertz CT molecular complexity index is 242. The van der Waals surface area contributed by atoms with Crippen LogP contribution in [0.5, 0.6) is 0 Å². The van der Waals surface area contributed by atoms with Crippen LogP contribution in [0.25, 0.3) is 0 Å². The van der Waals surface area contributed by atoms with Gasteiger partial charge < -0.3 is 0 Å². The third-order valence-corrected chi connectivity index (χ3v) is 1.42. The van der Waals surface area contributed by atoms with Crippen LogP contribution in [0.1, 0.15) is 5.56 Å². The standard InChI is InChI=1S/C7H4ClF3.Li/c8-6-3-1-5(2-4-6)7(9,10)11;/h1-4H;. The average Bonchev–Trinajstić information content (AvgIpc) is 1.86. The molecule has 1 radical (unpaired) electrons. The van der Waals surface area contributed by atoms with Crippen molar-refractivity contribution >= 4 is 30.5 Å². The molecule has 0 aliphatic carbocycles. The third kappa shape index (κ3) is 3.10. The topological polar surface area (TPSA) is 0 Å². The maximum Gasteiger partial charge on any atom is 0.416 e. The van der Waals surface area contributed by atoms with Gasteiger partial charge in [-0.2, -0.15) is 13.2 Å². The Kier molecular flexibility index (Phi) is 4.19. The van der Waals surface area contributed by atoms with E-state index >= 15 is 0 Å². The van der Waals surface area contributed by atoms with E-state index in [1.807, 2.05) is 0 Å². The van der Waals surface area contributed by atoms with E-state index in [9.17, 15) is 13.2 Å². The van der Waals surface area contributed by atoms with E-state index in [0.29, 0.717) is 5.02 Å². The number of rotatable bonds is 0. The van der Waals surface area contributed by atoms with Crippen molar-refractivity contribution in [3.05, 3.63) is 34.9 Å². The number of benzene rings is 1. The average molecular weight is 187 g/mol. The van der Waals surface area contributed by atoms with E-state index in [1.54, 1.807) is 0 Å². The van der Waals surface area contributed by atoms with Gasteiger partial charge in [0.2, 0.25) is 0 Å². The molecule has 12 heavy (non-hydrogen) atoms. The van der Waals surface area contributed by atoms with Crippen molar-refractivity contribution in [1.82, 2.24) is 0 Å². The quantitative estimate of drug-likeness (QED) is 0.548. The predicted octanol–water partition coefficient (Wildman–Crippen LogP) is 2.98. The molecule has 0 aromatic heterocycles. The van der Waals surface area contributed by atoms with E-state index in [0.717, 1.165) is 12.1 Å². The first-order valence-electron chi connectivity index (χ1n) is 2.83. The van der Waals surface area contributed by atoms with Crippen LogP contribution >= 0.6 is 11.6 Å². The van der Waals surface area contributed by atoms with Gasteiger partial charge in [-0.3, -0.25) is 0 Å². The van der Waals surface area contributed by atoms with Gasteiger partial charge in [-0.15, -0.1) is 0 Å². The van der Waals surface area contributed by atoms with E-state index in [4.69, 9.17) is 11.6 Å². The van der Waals surface area contributed by atoms with E-state index in [1.165, 1.54) is 12.1 Å². The molecule has 0 saturated carbocycles. The molecule has 0 saturated heterocycles. The molecule has 0 heterocycles. The fourth-order valence-electron chi connectivity index (χ4n) is 0.639. The molecule has 0 unspecified atom stereocenters. The van der Waals surface area contributed by atoms with Crippen molar-refractivity contribution in [2.24, 2.45) is 0 Å². The first-order valence-corrected chi connectivity index (χ1v) is 3.21. The van der Waals surface area contributed by atoms with Crippen molar-refractivity contribution in [3.63, 3.8) is 0 Å². The SMILES string of the molecule is FC(F)(F)c1ccc(Cl)cc1.[Li]. The summed E-state index contributed by atoms with van der Waals surface area (Å²) in [5.41, 5.74) is -0.679. The zero-order chi connectivity index (χ0) is 8.48. The summed E-state index contributed by atoms with van der Waals surface area (Å²) in [5.74, 6) is 0. The molecule has 0 nitrogen and oxygen atoms in total. The van der Waals surface area contributed by atoms with Crippen LogP contribution in [0.2, 0.25) is 5.02 Å². The second-order valence-electron chi connectivity index (χ2n) is 2.00. The molecule has 61 valence electrons. The molecule has 5 heteroatoms. The summed E-state index contributed by atoms with van der Waals surface area (Å²) in [6.07, 6.45) is -4.27. The van der Waals surface area contributed by atoms with E-state index in [2.05, 4.69) is 0 Å². The smallest absolute Gasteiger partial charge is 0.166 e. The van der Waals surface area contributed by atoms with Crippen LogP contribution < -0.4 is 0 Å². The Balaban J connectivity index is 0.00000121. The molecule has 0 atom stereocenters. The fraction of sp³-hybridized carbons (Fsp3) is 0.143. The van der Waals surface area contributed by atoms with Crippen LogP contribution in [0, 0.1) is 0 Å². The second-order valence-corrected chi connectivity index (χ2v) is 2.44. The summed E-state index contributed by atoms with van der Waals surface area (Å²) >= 11 is 5.39. The molecule has 1 rings (SSSR count). The molecular weight excluding hydrogens is 183 g/mol. The Morgan fingerprint density at radius 3 is 1.75 bits per heavy atom. The minimum atomic E-state index is -4.27. The summed E-state index contributed by atoms with van der Waals surface area (Å²) in [6, 6.07) is 4.32. The minimum Gasteiger partial charge on any atom is -0.166 e. The van der Waals surface area contributed by atoms with Crippen molar-refractivity contribution in [3.8, 4) is 0 Å². The Morgan fingerprint density at radius 2 is 1.42 bits per heavy atom. The van der Waals surface area contributed by atoms with Crippen LogP contribution in [0.3, 0.4) is 0 Å². The first-order chi connectivity index (χ1) is 5.00. The zero-order valence-electron chi connectivity index (χ0n) is 6.32. The predicted molar refractivity (Wildman–Crippen MR) is 42.2 cm³/mol. The van der Waals surface area contributed by atoms with Crippen LogP contribution in [0.4, 0.5) is 13.2 Å². The minimum absolute atomic E-state index is 0. The summed E-state index contributed by atoms with van der Waals surface area (Å²) < 4.78 is 35.6. The zero-order valence-corrected chi connectivity index (χ0v) is 7.08. The molecule has 1 aromatic rings. The maximum absolute atomic E-state index is 11.9. The molecule has 0 N–H and O–H groups in total. The number of alkyl halides is 3. The normalized spacial score (nSPS) is 10.7. The Hall–Kier alpha value is -0.103. The Labute approximate surface area is 84.9 Å². The van der Waals surface area contributed by atoms with Crippen LogP contribution in [-0.2, 0) is 6.18 Å². The first kappa shape index (κ1) is 11.9. The maximum atomic E-state index is 11.9.